The van der Waals surface area contributed by atoms with E-state index in [1.54, 1.807) is 33.8 Å². The lowest BCUT2D eigenvalue weighted by atomic mass is 10.2. The first-order valence-corrected chi connectivity index (χ1v) is 25.3. The second-order valence-corrected chi connectivity index (χ2v) is 27.1. The fraction of sp³-hybridized carbons (Fsp3) is 0.364. The van der Waals surface area contributed by atoms with Crippen molar-refractivity contribution in [3.05, 3.63) is 100 Å². The number of fused-ring (bicyclic) bond motifs is 3. The van der Waals surface area contributed by atoms with Crippen molar-refractivity contribution >= 4 is 101 Å². The molecule has 0 aliphatic heterocycles. The zero-order valence-electron chi connectivity index (χ0n) is 30.9. The number of nitro groups is 3. The zero-order chi connectivity index (χ0) is 40.7. The molecule has 0 aliphatic rings. The fourth-order valence-corrected chi connectivity index (χ4v) is 7.20. The molecule has 0 bridgehead atoms. The number of aromatic nitrogens is 6. The summed E-state index contributed by atoms with van der Waals surface area (Å²) in [6, 6.07) is 11.7. The van der Waals surface area contributed by atoms with Crippen LogP contribution in [0, 0.1) is 30.3 Å². The van der Waals surface area contributed by atoms with E-state index in [1.807, 2.05) is 0 Å². The van der Waals surface area contributed by atoms with Gasteiger partial charge < -0.3 is 9.47 Å². The summed E-state index contributed by atoms with van der Waals surface area (Å²) in [6.45, 7) is 15.6. The van der Waals surface area contributed by atoms with Crippen molar-refractivity contribution in [3.8, 4) is 0 Å². The predicted molar refractivity (Wildman–Crippen MR) is 219 cm³/mol. The van der Waals surface area contributed by atoms with Gasteiger partial charge in [-0.2, -0.15) is 15.3 Å². The third kappa shape index (κ3) is 11.7. The number of benzene rings is 3. The smallest absolute Gasteiger partial charge is 0.298 e. The van der Waals surface area contributed by atoms with Gasteiger partial charge in [0.2, 0.25) is 0 Å². The van der Waals surface area contributed by atoms with E-state index in [9.17, 15) is 30.3 Å². The summed E-state index contributed by atoms with van der Waals surface area (Å²) < 4.78 is 14.4. The maximum Gasteiger partial charge on any atom is 0.298 e. The van der Waals surface area contributed by atoms with Gasteiger partial charge in [0.15, 0.2) is 0 Å². The van der Waals surface area contributed by atoms with Crippen LogP contribution >= 0.6 is 34.8 Å². The highest BCUT2D eigenvalue weighted by atomic mass is 35.5. The summed E-state index contributed by atoms with van der Waals surface area (Å²) >= 11 is 17.4. The lowest BCUT2D eigenvalue weighted by molar-refractivity contribution is -0.383. The van der Waals surface area contributed by atoms with E-state index in [-0.39, 0.29) is 45.6 Å². The standard InChI is InChI=1S/2C13H18ClN3O3Si.C7H4ClN3O2/c1-21(2,3)7-6-20-9-16-8-10-12(15-16)5-4-11(14)13(10)17(18)19;1-21(2,3)7-6-20-9-16-12-5-4-11(14)13(17(18)19)10(12)8-15-16;8-5-1-2-6-4(3-9-10-6)7(5)11(12)13/h2*4-5,8H,6-7,9H2,1-3H3;1-3H,(H,9,10). The molecule has 0 fully saturated rings. The van der Waals surface area contributed by atoms with Crippen LogP contribution < -0.4 is 0 Å². The van der Waals surface area contributed by atoms with E-state index in [4.69, 9.17) is 44.3 Å². The summed E-state index contributed by atoms with van der Waals surface area (Å²) in [6.07, 6.45) is 4.45. The minimum absolute atomic E-state index is 0.104. The number of ether oxygens (including phenoxy) is 2. The van der Waals surface area contributed by atoms with E-state index in [1.165, 1.54) is 30.6 Å². The van der Waals surface area contributed by atoms with Gasteiger partial charge in [-0.3, -0.25) is 35.4 Å². The average Bonchev–Trinajstić information content (AvgIpc) is 3.82. The first-order valence-electron chi connectivity index (χ1n) is 16.8. The zero-order valence-corrected chi connectivity index (χ0v) is 35.2. The quantitative estimate of drug-likeness (QED) is 0.0500. The molecule has 22 heteroatoms. The molecule has 0 saturated heterocycles. The van der Waals surface area contributed by atoms with Crippen LogP contribution in [0.3, 0.4) is 0 Å². The highest BCUT2D eigenvalue weighted by Gasteiger charge is 2.22. The van der Waals surface area contributed by atoms with E-state index < -0.39 is 30.9 Å². The number of nitro benzene ring substituents is 3. The van der Waals surface area contributed by atoms with E-state index >= 15 is 0 Å². The van der Waals surface area contributed by atoms with Crippen molar-refractivity contribution in [2.75, 3.05) is 13.2 Å². The van der Waals surface area contributed by atoms with Gasteiger partial charge in [-0.05, 0) is 48.5 Å². The normalized spacial score (nSPS) is 11.7. The van der Waals surface area contributed by atoms with Crippen LogP contribution in [0.25, 0.3) is 32.7 Å². The summed E-state index contributed by atoms with van der Waals surface area (Å²) in [5.41, 5.74) is 1.48. The van der Waals surface area contributed by atoms with Crippen molar-refractivity contribution in [2.24, 2.45) is 0 Å². The predicted octanol–water partition coefficient (Wildman–Crippen LogP) is 9.94. The first-order chi connectivity index (χ1) is 25.8. The highest BCUT2D eigenvalue weighted by molar-refractivity contribution is 6.76. The molecular weight excluding hydrogens is 813 g/mol. The molecule has 17 nitrogen and oxygen atoms in total. The van der Waals surface area contributed by atoms with Gasteiger partial charge in [0.1, 0.15) is 28.5 Å². The number of nitrogens with one attached hydrogen (secondary N) is 1. The molecule has 6 rings (SSSR count). The molecule has 0 radical (unpaired) electrons. The second kappa shape index (κ2) is 18.4. The Morgan fingerprint density at radius 2 is 1.20 bits per heavy atom. The summed E-state index contributed by atoms with van der Waals surface area (Å²) in [4.78, 5) is 31.3. The lowest BCUT2D eigenvalue weighted by Gasteiger charge is -2.15. The van der Waals surface area contributed by atoms with Crippen LogP contribution in [0.4, 0.5) is 17.1 Å². The van der Waals surface area contributed by atoms with Gasteiger partial charge in [0.05, 0.1) is 59.9 Å². The monoisotopic (exact) mass is 851 g/mol. The van der Waals surface area contributed by atoms with Crippen molar-refractivity contribution in [2.45, 2.75) is 64.8 Å². The number of H-pyrrole nitrogens is 1. The van der Waals surface area contributed by atoms with Crippen molar-refractivity contribution in [3.63, 3.8) is 0 Å². The minimum atomic E-state index is -1.13. The largest absolute Gasteiger partial charge is 0.360 e. The van der Waals surface area contributed by atoms with Gasteiger partial charge in [0, 0.05) is 35.6 Å². The maximum atomic E-state index is 11.1. The Morgan fingerprint density at radius 3 is 1.76 bits per heavy atom. The van der Waals surface area contributed by atoms with Gasteiger partial charge in [0.25, 0.3) is 17.1 Å². The number of rotatable bonds is 13. The maximum absolute atomic E-state index is 11.1. The summed E-state index contributed by atoms with van der Waals surface area (Å²) in [7, 11) is -2.25. The SMILES string of the molecule is C[Si](C)(C)CCOCn1cc2c([N+](=O)[O-])c(Cl)ccc2n1.C[Si](C)(C)CCOCn1ncc2c([N+](=O)[O-])c(Cl)ccc21.O=[N+]([O-])c1c(Cl)ccc2[nH]ncc12. The van der Waals surface area contributed by atoms with Crippen LogP contribution in [0.1, 0.15) is 0 Å². The van der Waals surface area contributed by atoms with Crippen molar-refractivity contribution < 1.29 is 24.2 Å². The van der Waals surface area contributed by atoms with Crippen molar-refractivity contribution in [1.29, 1.82) is 0 Å². The highest BCUT2D eigenvalue weighted by Crippen LogP contribution is 2.34. The molecule has 0 amide bonds. The third-order valence-electron chi connectivity index (χ3n) is 7.93. The van der Waals surface area contributed by atoms with E-state index in [0.29, 0.717) is 45.9 Å². The van der Waals surface area contributed by atoms with Gasteiger partial charge in [-0.1, -0.05) is 74.1 Å². The molecule has 0 aliphatic carbocycles. The molecule has 55 heavy (non-hydrogen) atoms. The molecule has 0 unspecified atom stereocenters. The molecular formula is C33H40Cl3N9O8Si2. The Morgan fingerprint density at radius 1 is 0.691 bits per heavy atom. The average molecular weight is 853 g/mol. The molecule has 0 spiro atoms. The molecule has 1 N–H and O–H groups in total. The van der Waals surface area contributed by atoms with Gasteiger partial charge in [-0.15, -0.1) is 0 Å². The van der Waals surface area contributed by atoms with E-state index in [2.05, 4.69) is 59.7 Å². The molecule has 6 aromatic rings. The molecule has 0 saturated carbocycles. The number of nitrogens with zero attached hydrogens (tertiary/aromatic N) is 8. The summed E-state index contributed by atoms with van der Waals surface area (Å²) in [5, 5.41) is 49.2. The van der Waals surface area contributed by atoms with Crippen LogP contribution in [0.15, 0.2) is 55.0 Å². The van der Waals surface area contributed by atoms with Gasteiger partial charge >= 0.3 is 0 Å². The topological polar surface area (TPSA) is 212 Å². The number of aromatic amines is 1. The molecule has 3 heterocycles. The van der Waals surface area contributed by atoms with Crippen LogP contribution in [0.5, 0.6) is 0 Å². The Bertz CT molecular complexity index is 2290. The van der Waals surface area contributed by atoms with Crippen LogP contribution in [0.2, 0.25) is 66.4 Å². The van der Waals surface area contributed by atoms with Crippen molar-refractivity contribution in [1.82, 2.24) is 29.8 Å². The van der Waals surface area contributed by atoms with Crippen LogP contribution in [-0.2, 0) is 22.9 Å². The number of halogens is 3. The first kappa shape index (κ1) is 43.2. The molecule has 294 valence electrons. The number of hydrogen-bond acceptors (Lipinski definition) is 11. The Kier molecular flexibility index (Phi) is 14.5. The molecule has 3 aromatic heterocycles. The molecule has 3 aromatic carbocycles. The lowest BCUT2D eigenvalue weighted by Crippen LogP contribution is -2.22. The molecule has 0 atom stereocenters. The number of hydrogen-bond donors (Lipinski definition) is 1. The Labute approximate surface area is 331 Å². The second-order valence-electron chi connectivity index (χ2n) is 14.7. The van der Waals surface area contributed by atoms with E-state index in [0.717, 1.165) is 12.1 Å². The summed E-state index contributed by atoms with van der Waals surface area (Å²) in [5.74, 6) is 0. The minimum Gasteiger partial charge on any atom is -0.360 e. The van der Waals surface area contributed by atoms with Crippen LogP contribution in [-0.4, -0.2) is 73.9 Å². The Balaban J connectivity index is 0.000000189. The fourth-order valence-electron chi connectivity index (χ4n) is 4.98. The van der Waals surface area contributed by atoms with Gasteiger partial charge in [-0.25, -0.2) is 9.36 Å². The Hall–Kier alpha value is -4.51. The third-order valence-corrected chi connectivity index (χ3v) is 12.3.